The molecule has 0 radical (unpaired) electrons. The Bertz CT molecular complexity index is 1090. The minimum absolute atomic E-state index is 0.136. The molecule has 0 aliphatic carbocycles. The van der Waals surface area contributed by atoms with Crippen LogP contribution < -0.4 is 11.1 Å². The Morgan fingerprint density at radius 1 is 0.596 bits per heavy atom. The first-order chi connectivity index (χ1) is 25.4. The van der Waals surface area contributed by atoms with Crippen molar-refractivity contribution in [3.8, 4) is 0 Å². The molecule has 0 saturated carbocycles. The Kier molecular flexibility index (Phi) is 36.2. The summed E-state index contributed by atoms with van der Waals surface area (Å²) >= 11 is 0. The third kappa shape index (κ3) is 35.0. The first kappa shape index (κ1) is 48.5. The second-order valence-electron chi connectivity index (χ2n) is 13.3. The van der Waals surface area contributed by atoms with E-state index in [2.05, 4.69) is 104 Å². The quantitative estimate of drug-likeness (QED) is 0.0340. The number of ether oxygens (including phenoxy) is 1. The standard InChI is InChI=1S/C45H74N2O5/c1-3-5-7-9-11-12-13-14-15-16-17-18-19-20-21-22-23-24-25-27-33-39-44(49)52-41(35-30-26-10-8-6-4-2)36-31-28-29-32-38-43(48)47-42(45(50)51)37-34-40-46/h5,7,11-12,14-15,17-18,20-21,23-24,30,35,41-42H,3-4,6,8-10,13,16,19,22,25-29,31-34,36-40,46H2,1-2H3,(H,47,48)(H,50,51)/b7-5-,12-11-,15-14-,18-17-,21-20-,24-23-,35-30-. The number of hydrogen-bond acceptors (Lipinski definition) is 5. The Balaban J connectivity index is 4.27. The highest BCUT2D eigenvalue weighted by Gasteiger charge is 2.19. The van der Waals surface area contributed by atoms with Gasteiger partial charge in [-0.05, 0) is 115 Å². The molecule has 7 heteroatoms. The average molecular weight is 723 g/mol. The van der Waals surface area contributed by atoms with Gasteiger partial charge in [0, 0.05) is 12.8 Å². The lowest BCUT2D eigenvalue weighted by Crippen LogP contribution is -2.40. The van der Waals surface area contributed by atoms with Gasteiger partial charge in [-0.3, -0.25) is 9.59 Å². The fourth-order valence-corrected chi connectivity index (χ4v) is 5.36. The number of allylic oxidation sites excluding steroid dienone is 13. The van der Waals surface area contributed by atoms with Crippen molar-refractivity contribution < 1.29 is 24.2 Å². The van der Waals surface area contributed by atoms with E-state index in [1.54, 1.807) is 0 Å². The van der Waals surface area contributed by atoms with Gasteiger partial charge in [-0.1, -0.05) is 125 Å². The number of rotatable bonds is 35. The maximum absolute atomic E-state index is 12.7. The van der Waals surface area contributed by atoms with Crippen LogP contribution in [0.15, 0.2) is 85.1 Å². The van der Waals surface area contributed by atoms with Crippen molar-refractivity contribution in [1.82, 2.24) is 5.32 Å². The molecule has 0 aromatic carbocycles. The fraction of sp³-hybridized carbons (Fsp3) is 0.622. The number of carboxylic acids is 1. The molecule has 0 spiro atoms. The highest BCUT2D eigenvalue weighted by Crippen LogP contribution is 2.14. The molecule has 2 atom stereocenters. The number of nitrogens with one attached hydrogen (secondary N) is 1. The Morgan fingerprint density at radius 3 is 1.69 bits per heavy atom. The van der Waals surface area contributed by atoms with Gasteiger partial charge in [0.1, 0.15) is 12.1 Å². The summed E-state index contributed by atoms with van der Waals surface area (Å²) in [5.41, 5.74) is 5.47. The molecular weight excluding hydrogens is 649 g/mol. The number of carboxylic acid groups (broad SMARTS) is 1. The van der Waals surface area contributed by atoms with E-state index < -0.39 is 12.0 Å². The number of nitrogens with two attached hydrogens (primary N) is 1. The number of carbonyl (C=O) groups is 3. The molecule has 1 amide bonds. The zero-order valence-corrected chi connectivity index (χ0v) is 32.9. The SMILES string of the molecule is CC/C=C\C/C=C\C/C=C\C/C=C\C/C=C\C/C=C\CCCCC(=O)OC(/C=C\CCCCCC)CCCCCCC(=O)NC(CCCN)C(=O)O. The summed E-state index contributed by atoms with van der Waals surface area (Å²) in [6.07, 6.45) is 50.8. The second-order valence-corrected chi connectivity index (χ2v) is 13.3. The zero-order chi connectivity index (χ0) is 38.2. The number of unbranched alkanes of at least 4 members (excludes halogenated alkanes) is 9. The predicted octanol–water partition coefficient (Wildman–Crippen LogP) is 11.3. The molecule has 0 heterocycles. The highest BCUT2D eigenvalue weighted by molar-refractivity contribution is 5.83. The predicted molar refractivity (Wildman–Crippen MR) is 220 cm³/mol. The molecule has 0 aromatic heterocycles. The van der Waals surface area contributed by atoms with Crippen LogP contribution in [0.25, 0.3) is 0 Å². The molecule has 0 fully saturated rings. The van der Waals surface area contributed by atoms with Gasteiger partial charge in [-0.25, -0.2) is 4.79 Å². The first-order valence-corrected chi connectivity index (χ1v) is 20.4. The van der Waals surface area contributed by atoms with E-state index in [1.165, 1.54) is 19.3 Å². The van der Waals surface area contributed by atoms with E-state index in [1.807, 2.05) is 0 Å². The van der Waals surface area contributed by atoms with Crippen molar-refractivity contribution in [2.75, 3.05) is 6.54 Å². The first-order valence-electron chi connectivity index (χ1n) is 20.4. The van der Waals surface area contributed by atoms with Crippen molar-refractivity contribution >= 4 is 17.8 Å². The molecule has 0 aliphatic heterocycles. The number of aliphatic carboxylic acids is 1. The molecule has 2 unspecified atom stereocenters. The Labute approximate surface area is 317 Å². The van der Waals surface area contributed by atoms with E-state index in [0.29, 0.717) is 38.6 Å². The van der Waals surface area contributed by atoms with E-state index in [9.17, 15) is 19.5 Å². The summed E-state index contributed by atoms with van der Waals surface area (Å²) in [5.74, 6) is -1.39. The van der Waals surface area contributed by atoms with Crippen molar-refractivity contribution in [3.05, 3.63) is 85.1 Å². The lowest BCUT2D eigenvalue weighted by molar-refractivity contribution is -0.147. The third-order valence-electron chi connectivity index (χ3n) is 8.43. The van der Waals surface area contributed by atoms with Gasteiger partial charge in [0.2, 0.25) is 5.91 Å². The fourth-order valence-electron chi connectivity index (χ4n) is 5.36. The smallest absolute Gasteiger partial charge is 0.326 e. The van der Waals surface area contributed by atoms with Crippen LogP contribution in [0.4, 0.5) is 0 Å². The molecule has 294 valence electrons. The molecular formula is C45H74N2O5. The molecule has 0 rings (SSSR count). The summed E-state index contributed by atoms with van der Waals surface area (Å²) in [4.78, 5) is 36.2. The number of hydrogen-bond donors (Lipinski definition) is 3. The summed E-state index contributed by atoms with van der Waals surface area (Å²) < 4.78 is 5.87. The zero-order valence-electron chi connectivity index (χ0n) is 32.9. The van der Waals surface area contributed by atoms with Crippen LogP contribution in [-0.2, 0) is 19.1 Å². The van der Waals surface area contributed by atoms with Crippen LogP contribution in [-0.4, -0.2) is 41.6 Å². The average Bonchev–Trinajstić information content (AvgIpc) is 3.13. The topological polar surface area (TPSA) is 119 Å². The molecule has 0 saturated heterocycles. The van der Waals surface area contributed by atoms with E-state index in [4.69, 9.17) is 10.5 Å². The normalized spacial score (nSPS) is 13.6. The minimum atomic E-state index is -1.02. The molecule has 0 aliphatic rings. The number of esters is 1. The van der Waals surface area contributed by atoms with Gasteiger partial charge in [0.25, 0.3) is 0 Å². The lowest BCUT2D eigenvalue weighted by Gasteiger charge is -2.15. The van der Waals surface area contributed by atoms with E-state index >= 15 is 0 Å². The van der Waals surface area contributed by atoms with E-state index in [-0.39, 0.29) is 18.0 Å². The van der Waals surface area contributed by atoms with Crippen LogP contribution in [0.1, 0.15) is 162 Å². The molecule has 52 heavy (non-hydrogen) atoms. The van der Waals surface area contributed by atoms with E-state index in [0.717, 1.165) is 96.3 Å². The number of carbonyl (C=O) groups excluding carboxylic acids is 2. The largest absolute Gasteiger partial charge is 0.480 e. The maximum atomic E-state index is 12.7. The van der Waals surface area contributed by atoms with Gasteiger partial charge in [0.15, 0.2) is 0 Å². The Morgan fingerprint density at radius 2 is 1.12 bits per heavy atom. The van der Waals surface area contributed by atoms with Crippen LogP contribution in [0.5, 0.6) is 0 Å². The van der Waals surface area contributed by atoms with Crippen LogP contribution in [0, 0.1) is 0 Å². The van der Waals surface area contributed by atoms with Crippen molar-refractivity contribution in [2.24, 2.45) is 5.73 Å². The lowest BCUT2D eigenvalue weighted by atomic mass is 10.1. The van der Waals surface area contributed by atoms with Gasteiger partial charge in [-0.15, -0.1) is 0 Å². The second kappa shape index (κ2) is 38.8. The summed E-state index contributed by atoms with van der Waals surface area (Å²) in [7, 11) is 0. The monoisotopic (exact) mass is 723 g/mol. The van der Waals surface area contributed by atoms with Crippen molar-refractivity contribution in [1.29, 1.82) is 0 Å². The summed E-state index contributed by atoms with van der Waals surface area (Å²) in [6.45, 7) is 4.76. The molecule has 0 bridgehead atoms. The summed E-state index contributed by atoms with van der Waals surface area (Å²) in [5, 5.41) is 11.9. The minimum Gasteiger partial charge on any atom is -0.480 e. The Hall–Kier alpha value is -3.45. The van der Waals surface area contributed by atoms with Gasteiger partial charge >= 0.3 is 11.9 Å². The summed E-state index contributed by atoms with van der Waals surface area (Å²) in [6, 6.07) is -0.878. The van der Waals surface area contributed by atoms with Gasteiger partial charge in [0.05, 0.1) is 0 Å². The molecule has 7 nitrogen and oxygen atoms in total. The van der Waals surface area contributed by atoms with Crippen LogP contribution in [0.3, 0.4) is 0 Å². The van der Waals surface area contributed by atoms with Crippen molar-refractivity contribution in [3.63, 3.8) is 0 Å². The van der Waals surface area contributed by atoms with Crippen LogP contribution >= 0.6 is 0 Å². The van der Waals surface area contributed by atoms with Crippen molar-refractivity contribution in [2.45, 2.75) is 174 Å². The van der Waals surface area contributed by atoms with Gasteiger partial charge in [-0.2, -0.15) is 0 Å². The maximum Gasteiger partial charge on any atom is 0.326 e. The highest BCUT2D eigenvalue weighted by atomic mass is 16.5. The molecule has 0 aromatic rings. The third-order valence-corrected chi connectivity index (χ3v) is 8.43. The van der Waals surface area contributed by atoms with Crippen LogP contribution in [0.2, 0.25) is 0 Å². The molecule has 4 N–H and O–H groups in total. The number of amides is 1. The van der Waals surface area contributed by atoms with Gasteiger partial charge < -0.3 is 20.9 Å².